The Morgan fingerprint density at radius 2 is 2.33 bits per heavy atom. The van der Waals surface area contributed by atoms with Crippen molar-refractivity contribution >= 4 is 20.4 Å². The highest BCUT2D eigenvalue weighted by molar-refractivity contribution is 7.94. The first-order valence-electron chi connectivity index (χ1n) is 1.47. The summed E-state index contributed by atoms with van der Waals surface area (Å²) in [6, 6.07) is 0. The highest BCUT2D eigenvalue weighted by Gasteiger charge is 1.92. The molecule has 0 aliphatic rings. The summed E-state index contributed by atoms with van der Waals surface area (Å²) in [6.07, 6.45) is 0. The Kier molecular flexibility index (Phi) is 4.33. The van der Waals surface area contributed by atoms with Crippen LogP contribution in [0.4, 0.5) is 0 Å². The average Bonchev–Trinajstić information content (AvgIpc) is 1.65. The molecule has 0 amide bonds. The zero-order valence-corrected chi connectivity index (χ0v) is 5.23. The highest BCUT2D eigenvalue weighted by atomic mass is 32.2. The topological polar surface area (TPSA) is 43.3 Å². The Balaban J connectivity index is 2.75. The van der Waals surface area contributed by atoms with Crippen molar-refractivity contribution in [1.29, 1.82) is 0 Å². The van der Waals surface area contributed by atoms with Gasteiger partial charge in [-0.2, -0.15) is 0 Å². The fourth-order valence-corrected chi connectivity index (χ4v) is 0.474. The number of aliphatic hydroxyl groups excluding tert-OH is 1. The van der Waals surface area contributed by atoms with Crippen LogP contribution < -0.4 is 0 Å². The van der Waals surface area contributed by atoms with E-state index in [2.05, 4.69) is 9.24 Å². The smallest absolute Gasteiger partial charge is 0.203 e. The van der Waals surface area contributed by atoms with Gasteiger partial charge in [0.15, 0.2) is 0 Å². The van der Waals surface area contributed by atoms with Gasteiger partial charge >= 0.3 is 0 Å². The number of aliphatic hydroxyl groups is 1. The highest BCUT2D eigenvalue weighted by Crippen LogP contribution is 1.91. The molecule has 0 aromatic carbocycles. The molecule has 0 aromatic rings. The van der Waals surface area contributed by atoms with Gasteiger partial charge in [0.2, 0.25) is 5.94 Å². The molecule has 0 bridgehead atoms. The molecule has 0 rings (SSSR count). The normalized spacial score (nSPS) is 14.5. The third-order valence-electron chi connectivity index (χ3n) is 0.330. The van der Waals surface area contributed by atoms with Crippen LogP contribution in [-0.4, -0.2) is 21.1 Å². The fraction of sp³-hybridized carbons (Fsp3) is 1.00. The zero-order chi connectivity index (χ0) is 4.99. The van der Waals surface area contributed by atoms with E-state index in [-0.39, 0.29) is 5.94 Å². The molecule has 2 atom stereocenters. The van der Waals surface area contributed by atoms with Gasteiger partial charge in [-0.1, -0.05) is 9.24 Å². The van der Waals surface area contributed by atoms with Crippen LogP contribution in [-0.2, 0) is 11.2 Å². The summed E-state index contributed by atoms with van der Waals surface area (Å²) in [6.45, 7) is 0. The van der Waals surface area contributed by atoms with E-state index in [1.165, 1.54) is 0 Å². The summed E-state index contributed by atoms with van der Waals surface area (Å²) in [5.41, 5.74) is 0.469. The van der Waals surface area contributed by atoms with Gasteiger partial charge in [-0.05, 0) is 11.2 Å². The molecule has 2 nitrogen and oxygen atoms in total. The molecule has 38 valence electrons. The Morgan fingerprint density at radius 1 is 1.83 bits per heavy atom. The molecule has 0 aromatic heterocycles. The average molecular weight is 126 g/mol. The lowest BCUT2D eigenvalue weighted by molar-refractivity contribution is 0.359. The van der Waals surface area contributed by atoms with E-state index in [0.29, 0.717) is 5.49 Å². The van der Waals surface area contributed by atoms with Crippen molar-refractivity contribution in [3.8, 4) is 0 Å². The van der Waals surface area contributed by atoms with Crippen LogP contribution in [0.15, 0.2) is 0 Å². The minimum absolute atomic E-state index is 0.219. The van der Waals surface area contributed by atoms with Crippen LogP contribution in [0.25, 0.3) is 0 Å². The first-order chi connectivity index (χ1) is 2.81. The van der Waals surface area contributed by atoms with Crippen LogP contribution >= 0.6 is 9.24 Å². The van der Waals surface area contributed by atoms with E-state index < -0.39 is 11.2 Å². The maximum Gasteiger partial charge on any atom is 0.203 e. The molecular weight excluding hydrogens is 119 g/mol. The number of rotatable bonds is 2. The van der Waals surface area contributed by atoms with E-state index in [9.17, 15) is 4.55 Å². The van der Waals surface area contributed by atoms with Crippen molar-refractivity contribution in [3.63, 3.8) is 0 Å². The molecule has 0 heterocycles. The Morgan fingerprint density at radius 3 is 2.33 bits per heavy atom. The first-order valence-corrected chi connectivity index (χ1v) is 3.77. The van der Waals surface area contributed by atoms with Crippen LogP contribution in [0.5, 0.6) is 0 Å². The van der Waals surface area contributed by atoms with Gasteiger partial charge in [0.05, 0.1) is 0 Å². The molecular formula is C2H7O2PS. The summed E-state index contributed by atoms with van der Waals surface area (Å²) in [5.74, 6) is -0.219. The molecule has 4 heteroatoms. The molecule has 0 aliphatic heterocycles. The SMILES string of the molecule is [O-][S+](CO)CP. The Labute approximate surface area is 42.3 Å². The number of hydrogen-bond donors (Lipinski definition) is 1. The lowest BCUT2D eigenvalue weighted by atomic mass is 11.7. The summed E-state index contributed by atoms with van der Waals surface area (Å²) >= 11 is -1.02. The molecule has 1 N–H and O–H groups in total. The summed E-state index contributed by atoms with van der Waals surface area (Å²) in [4.78, 5) is 0. The van der Waals surface area contributed by atoms with Gasteiger partial charge in [0.25, 0.3) is 0 Å². The Hall–Kier alpha value is 0.700. The van der Waals surface area contributed by atoms with Crippen molar-refractivity contribution in [2.75, 3.05) is 11.4 Å². The monoisotopic (exact) mass is 126 g/mol. The molecule has 0 radical (unpaired) electrons. The largest absolute Gasteiger partial charge is 0.614 e. The van der Waals surface area contributed by atoms with Gasteiger partial charge in [0.1, 0.15) is 5.49 Å². The predicted molar refractivity (Wildman–Crippen MR) is 29.8 cm³/mol. The van der Waals surface area contributed by atoms with E-state index in [0.717, 1.165) is 0 Å². The van der Waals surface area contributed by atoms with Gasteiger partial charge in [-0.3, -0.25) is 0 Å². The van der Waals surface area contributed by atoms with Crippen LogP contribution in [0, 0.1) is 0 Å². The van der Waals surface area contributed by atoms with Gasteiger partial charge in [-0.15, -0.1) is 0 Å². The third-order valence-corrected chi connectivity index (χ3v) is 2.11. The standard InChI is InChI=1S/C2H7O2PS/c3-1-6(4)2-5/h3H,1-2,5H2. The third kappa shape index (κ3) is 2.91. The maximum atomic E-state index is 10.0. The van der Waals surface area contributed by atoms with Gasteiger partial charge in [0, 0.05) is 0 Å². The summed E-state index contributed by atoms with van der Waals surface area (Å²) < 4.78 is 10.0. The molecule has 0 fully saturated rings. The van der Waals surface area contributed by atoms with Crippen LogP contribution in [0.1, 0.15) is 0 Å². The van der Waals surface area contributed by atoms with Gasteiger partial charge in [-0.25, -0.2) is 0 Å². The van der Waals surface area contributed by atoms with Crippen LogP contribution in [0.2, 0.25) is 0 Å². The molecule has 0 saturated heterocycles. The van der Waals surface area contributed by atoms with Crippen molar-refractivity contribution in [1.82, 2.24) is 0 Å². The quantitative estimate of drug-likeness (QED) is 0.401. The van der Waals surface area contributed by atoms with Crippen molar-refractivity contribution in [2.45, 2.75) is 0 Å². The lowest BCUT2D eigenvalue weighted by Gasteiger charge is -2.00. The molecule has 0 saturated carbocycles. The van der Waals surface area contributed by atoms with Crippen molar-refractivity contribution < 1.29 is 9.66 Å². The van der Waals surface area contributed by atoms with Crippen molar-refractivity contribution in [3.05, 3.63) is 0 Å². The maximum absolute atomic E-state index is 10.0. The van der Waals surface area contributed by atoms with Crippen molar-refractivity contribution in [2.24, 2.45) is 0 Å². The molecule has 0 aliphatic carbocycles. The second-order valence-corrected chi connectivity index (χ2v) is 3.21. The lowest BCUT2D eigenvalue weighted by Crippen LogP contribution is -2.04. The minimum atomic E-state index is -1.02. The predicted octanol–water partition coefficient (Wildman–Crippen LogP) is -0.482. The summed E-state index contributed by atoms with van der Waals surface area (Å²) in [7, 11) is 2.28. The van der Waals surface area contributed by atoms with E-state index in [1.54, 1.807) is 0 Å². The number of hydrogen-bond acceptors (Lipinski definition) is 2. The van der Waals surface area contributed by atoms with E-state index in [1.807, 2.05) is 0 Å². The second kappa shape index (κ2) is 3.88. The summed E-state index contributed by atoms with van der Waals surface area (Å²) in [5, 5.41) is 8.02. The second-order valence-electron chi connectivity index (χ2n) is 0.736. The molecule has 6 heavy (non-hydrogen) atoms. The molecule has 0 spiro atoms. The fourth-order valence-electron chi connectivity index (χ4n) is 0.0527. The molecule has 2 unspecified atom stereocenters. The van der Waals surface area contributed by atoms with E-state index in [4.69, 9.17) is 5.11 Å². The zero-order valence-electron chi connectivity index (χ0n) is 3.26. The van der Waals surface area contributed by atoms with Gasteiger partial charge < -0.3 is 9.66 Å². The Bertz CT molecular complexity index is 30.7. The minimum Gasteiger partial charge on any atom is -0.614 e. The van der Waals surface area contributed by atoms with Crippen LogP contribution in [0.3, 0.4) is 0 Å². The van der Waals surface area contributed by atoms with E-state index >= 15 is 0 Å². The first kappa shape index (κ1) is 6.70.